The van der Waals surface area contributed by atoms with E-state index in [-0.39, 0.29) is 11.5 Å². The molecule has 0 bridgehead atoms. The van der Waals surface area contributed by atoms with Gasteiger partial charge in [-0.2, -0.15) is 0 Å². The Balaban J connectivity index is 2.72. The lowest BCUT2D eigenvalue weighted by molar-refractivity contribution is -0.111. The van der Waals surface area contributed by atoms with E-state index in [1.807, 2.05) is 25.1 Å². The van der Waals surface area contributed by atoms with E-state index in [2.05, 4.69) is 11.6 Å². The SMILES string of the molecule is C=C(N=CCC)C(=O)/C=C/c1ccccc1Cl. The van der Waals surface area contributed by atoms with E-state index < -0.39 is 0 Å². The van der Waals surface area contributed by atoms with Crippen LogP contribution in [-0.4, -0.2) is 12.0 Å². The first-order valence-electron chi connectivity index (χ1n) is 5.33. The lowest BCUT2D eigenvalue weighted by atomic mass is 10.2. The smallest absolute Gasteiger partial charge is 0.203 e. The maximum Gasteiger partial charge on any atom is 0.203 e. The third kappa shape index (κ3) is 4.37. The molecule has 0 aliphatic carbocycles. The van der Waals surface area contributed by atoms with Gasteiger partial charge in [-0.05, 0) is 30.2 Å². The highest BCUT2D eigenvalue weighted by Gasteiger charge is 2.00. The van der Waals surface area contributed by atoms with Crippen molar-refractivity contribution in [2.24, 2.45) is 4.99 Å². The number of hydrogen-bond acceptors (Lipinski definition) is 2. The van der Waals surface area contributed by atoms with Crippen molar-refractivity contribution in [1.29, 1.82) is 0 Å². The van der Waals surface area contributed by atoms with Crippen molar-refractivity contribution in [2.75, 3.05) is 0 Å². The number of benzene rings is 1. The fourth-order valence-electron chi connectivity index (χ4n) is 1.14. The van der Waals surface area contributed by atoms with Gasteiger partial charge in [-0.3, -0.25) is 9.79 Å². The summed E-state index contributed by atoms with van der Waals surface area (Å²) < 4.78 is 0. The number of hydrogen-bond donors (Lipinski definition) is 0. The molecule has 3 heteroatoms. The monoisotopic (exact) mass is 247 g/mol. The molecule has 0 spiro atoms. The molecule has 2 nitrogen and oxygen atoms in total. The summed E-state index contributed by atoms with van der Waals surface area (Å²) in [4.78, 5) is 15.5. The molecule has 0 aliphatic rings. The minimum atomic E-state index is -0.213. The van der Waals surface area contributed by atoms with Crippen LogP contribution >= 0.6 is 11.6 Å². The van der Waals surface area contributed by atoms with Gasteiger partial charge in [0.1, 0.15) is 5.70 Å². The first-order valence-corrected chi connectivity index (χ1v) is 5.71. The zero-order valence-electron chi connectivity index (χ0n) is 9.69. The Morgan fingerprint density at radius 3 is 2.82 bits per heavy atom. The molecule has 0 radical (unpaired) electrons. The van der Waals surface area contributed by atoms with Gasteiger partial charge in [-0.1, -0.05) is 43.3 Å². The fourth-order valence-corrected chi connectivity index (χ4v) is 1.34. The third-order valence-electron chi connectivity index (χ3n) is 2.03. The molecule has 0 aromatic heterocycles. The molecule has 0 saturated heterocycles. The van der Waals surface area contributed by atoms with Crippen LogP contribution in [0.2, 0.25) is 5.02 Å². The highest BCUT2D eigenvalue weighted by atomic mass is 35.5. The van der Waals surface area contributed by atoms with E-state index in [4.69, 9.17) is 11.6 Å². The van der Waals surface area contributed by atoms with Crippen LogP contribution in [0.25, 0.3) is 6.08 Å². The van der Waals surface area contributed by atoms with Gasteiger partial charge in [0.2, 0.25) is 5.78 Å². The van der Waals surface area contributed by atoms with Crippen molar-refractivity contribution in [3.8, 4) is 0 Å². The molecule has 0 atom stereocenters. The number of halogens is 1. The Labute approximate surface area is 106 Å². The largest absolute Gasteiger partial charge is 0.288 e. The third-order valence-corrected chi connectivity index (χ3v) is 2.38. The second-order valence-corrected chi connectivity index (χ2v) is 3.79. The van der Waals surface area contributed by atoms with Crippen LogP contribution in [0, 0.1) is 0 Å². The normalized spacial score (nSPS) is 11.2. The Bertz CT molecular complexity index is 475. The molecule has 0 aliphatic heterocycles. The highest BCUT2D eigenvalue weighted by Crippen LogP contribution is 2.16. The molecule has 0 amide bonds. The van der Waals surface area contributed by atoms with Crippen molar-refractivity contribution in [3.05, 3.63) is 53.2 Å². The molecule has 1 aromatic carbocycles. The Morgan fingerprint density at radius 2 is 2.18 bits per heavy atom. The van der Waals surface area contributed by atoms with Crippen molar-refractivity contribution in [3.63, 3.8) is 0 Å². The quantitative estimate of drug-likeness (QED) is 0.573. The van der Waals surface area contributed by atoms with Gasteiger partial charge in [0.05, 0.1) is 0 Å². The van der Waals surface area contributed by atoms with Crippen LogP contribution in [0.3, 0.4) is 0 Å². The van der Waals surface area contributed by atoms with Crippen LogP contribution in [0.4, 0.5) is 0 Å². The first-order chi connectivity index (χ1) is 8.15. The van der Waals surface area contributed by atoms with Gasteiger partial charge in [-0.25, -0.2) is 0 Å². The van der Waals surface area contributed by atoms with Crippen molar-refractivity contribution >= 4 is 29.7 Å². The Morgan fingerprint density at radius 1 is 1.47 bits per heavy atom. The molecule has 0 saturated carbocycles. The minimum Gasteiger partial charge on any atom is -0.288 e. The van der Waals surface area contributed by atoms with E-state index >= 15 is 0 Å². The summed E-state index contributed by atoms with van der Waals surface area (Å²) in [5.41, 5.74) is 1.03. The predicted octanol–water partition coefficient (Wildman–Crippen LogP) is 3.92. The second-order valence-electron chi connectivity index (χ2n) is 3.39. The van der Waals surface area contributed by atoms with Crippen molar-refractivity contribution < 1.29 is 4.79 Å². The summed E-state index contributed by atoms with van der Waals surface area (Å²) >= 11 is 5.96. The van der Waals surface area contributed by atoms with Gasteiger partial charge >= 0.3 is 0 Å². The molecule has 0 heterocycles. The zero-order valence-corrected chi connectivity index (χ0v) is 10.4. The van der Waals surface area contributed by atoms with Gasteiger partial charge in [-0.15, -0.1) is 0 Å². The Kier molecular flexibility index (Phi) is 5.37. The first kappa shape index (κ1) is 13.4. The summed E-state index contributed by atoms with van der Waals surface area (Å²) in [6.45, 7) is 5.54. The molecular weight excluding hydrogens is 234 g/mol. The molecule has 1 rings (SSSR count). The summed E-state index contributed by atoms with van der Waals surface area (Å²) in [5.74, 6) is -0.213. The molecular formula is C14H14ClNO. The number of carbonyl (C=O) groups excluding carboxylic acids is 1. The topological polar surface area (TPSA) is 29.4 Å². The van der Waals surface area contributed by atoms with Gasteiger partial charge in [0.25, 0.3) is 0 Å². The second kappa shape index (κ2) is 6.81. The standard InChI is InChI=1S/C14H14ClNO/c1-3-10-16-11(2)14(17)9-8-12-6-4-5-7-13(12)15/h4-10H,2-3H2,1H3/b9-8+,16-10?. The van der Waals surface area contributed by atoms with Gasteiger partial charge in [0.15, 0.2) is 0 Å². The number of ketones is 1. The van der Waals surface area contributed by atoms with Crippen molar-refractivity contribution in [1.82, 2.24) is 0 Å². The summed E-state index contributed by atoms with van der Waals surface area (Å²) in [7, 11) is 0. The van der Waals surface area contributed by atoms with E-state index in [0.29, 0.717) is 5.02 Å². The van der Waals surface area contributed by atoms with Crippen LogP contribution in [0.5, 0.6) is 0 Å². The van der Waals surface area contributed by atoms with Gasteiger partial charge in [0, 0.05) is 11.2 Å². The lowest BCUT2D eigenvalue weighted by Crippen LogP contribution is -1.94. The van der Waals surface area contributed by atoms with Crippen LogP contribution in [0.1, 0.15) is 18.9 Å². The molecule has 88 valence electrons. The lowest BCUT2D eigenvalue weighted by Gasteiger charge is -1.96. The van der Waals surface area contributed by atoms with Crippen molar-refractivity contribution in [2.45, 2.75) is 13.3 Å². The molecule has 1 aromatic rings. The Hall–Kier alpha value is -1.67. The van der Waals surface area contributed by atoms with E-state index in [1.165, 1.54) is 6.08 Å². The van der Waals surface area contributed by atoms with E-state index in [0.717, 1.165) is 12.0 Å². The maximum atomic E-state index is 11.6. The molecule has 0 unspecified atom stereocenters. The number of allylic oxidation sites excluding steroid dienone is 1. The number of aliphatic imine (C=N–C) groups is 1. The predicted molar refractivity (Wildman–Crippen MR) is 73.4 cm³/mol. The molecule has 17 heavy (non-hydrogen) atoms. The highest BCUT2D eigenvalue weighted by molar-refractivity contribution is 6.32. The number of rotatable bonds is 5. The maximum absolute atomic E-state index is 11.6. The fraction of sp³-hybridized carbons (Fsp3) is 0.143. The number of nitrogens with zero attached hydrogens (tertiary/aromatic N) is 1. The van der Waals surface area contributed by atoms with Crippen LogP contribution in [-0.2, 0) is 4.79 Å². The van der Waals surface area contributed by atoms with Crippen LogP contribution < -0.4 is 0 Å². The average Bonchev–Trinajstić information content (AvgIpc) is 2.34. The van der Waals surface area contributed by atoms with E-state index in [1.54, 1.807) is 18.4 Å². The zero-order chi connectivity index (χ0) is 12.7. The van der Waals surface area contributed by atoms with Crippen LogP contribution in [0.15, 0.2) is 47.6 Å². The molecule has 0 N–H and O–H groups in total. The summed E-state index contributed by atoms with van der Waals surface area (Å²) in [6.07, 6.45) is 5.53. The molecule has 0 fully saturated rings. The van der Waals surface area contributed by atoms with E-state index in [9.17, 15) is 4.79 Å². The average molecular weight is 248 g/mol. The number of carbonyl (C=O) groups is 1. The van der Waals surface area contributed by atoms with Gasteiger partial charge < -0.3 is 0 Å². The summed E-state index contributed by atoms with van der Waals surface area (Å²) in [5, 5.41) is 0.610. The summed E-state index contributed by atoms with van der Waals surface area (Å²) in [6, 6.07) is 7.31. The minimum absolute atomic E-state index is 0.213.